The topological polar surface area (TPSA) is 136 Å². The first-order valence-corrected chi connectivity index (χ1v) is 13.4. The predicted octanol–water partition coefficient (Wildman–Crippen LogP) is 4.69. The average Bonchev–Trinajstić information content (AvgIpc) is 3.55. The van der Waals surface area contributed by atoms with Crippen LogP contribution >= 0.6 is 0 Å². The molecule has 1 aliphatic rings. The maximum Gasteiger partial charge on any atom is 0.304 e. The molecule has 2 N–H and O–H groups in total. The van der Waals surface area contributed by atoms with Gasteiger partial charge in [0.1, 0.15) is 11.5 Å². The number of nitrogens with zero attached hydrogens (tertiary/aromatic N) is 6. The second-order valence-corrected chi connectivity index (χ2v) is 11.1. The van der Waals surface area contributed by atoms with Gasteiger partial charge in [-0.1, -0.05) is 48.9 Å². The van der Waals surface area contributed by atoms with Gasteiger partial charge in [-0.05, 0) is 43.5 Å². The van der Waals surface area contributed by atoms with E-state index in [4.69, 9.17) is 15.0 Å². The van der Waals surface area contributed by atoms with Crippen LogP contribution in [0.25, 0.3) is 22.6 Å². The lowest BCUT2D eigenvalue weighted by atomic mass is 9.85. The van der Waals surface area contributed by atoms with Crippen molar-refractivity contribution in [3.8, 4) is 22.6 Å². The molecule has 0 spiro atoms. The minimum Gasteiger partial charge on any atom is -0.481 e. The van der Waals surface area contributed by atoms with Crippen molar-refractivity contribution >= 4 is 17.7 Å². The van der Waals surface area contributed by atoms with Crippen molar-refractivity contribution < 1.29 is 14.7 Å². The third-order valence-electron chi connectivity index (χ3n) is 7.16. The highest BCUT2D eigenvalue weighted by Gasteiger charge is 2.26. The number of carbonyl (C=O) groups excluding carboxylic acids is 1. The molecule has 1 unspecified atom stereocenters. The number of carbonyl (C=O) groups is 2. The van der Waals surface area contributed by atoms with Gasteiger partial charge >= 0.3 is 5.97 Å². The van der Waals surface area contributed by atoms with Crippen molar-refractivity contribution in [1.82, 2.24) is 29.9 Å². The molecule has 0 bridgehead atoms. The number of hydrogen-bond acceptors (Lipinski definition) is 8. The van der Waals surface area contributed by atoms with Gasteiger partial charge in [0, 0.05) is 36.1 Å². The summed E-state index contributed by atoms with van der Waals surface area (Å²) in [5, 5.41) is 21.3. The summed E-state index contributed by atoms with van der Waals surface area (Å²) in [6, 6.07) is 15.7. The number of carboxylic acids is 1. The minimum atomic E-state index is -0.862. The third-order valence-corrected chi connectivity index (χ3v) is 7.16. The SMILES string of the molecule is Cc1cccc(-c2cc(-c3cn(Cc4cccc(C(C)(C)CC(=O)O)n4)nn3)nc(NCC3CCC(=O)C3)n2)c1. The Morgan fingerprint density at radius 3 is 2.62 bits per heavy atom. The number of ketones is 1. The van der Waals surface area contributed by atoms with E-state index in [1.165, 1.54) is 0 Å². The largest absolute Gasteiger partial charge is 0.481 e. The second-order valence-electron chi connectivity index (χ2n) is 11.1. The zero-order chi connectivity index (χ0) is 28.3. The molecule has 0 aliphatic heterocycles. The van der Waals surface area contributed by atoms with Gasteiger partial charge < -0.3 is 10.4 Å². The molecule has 4 aromatic rings. The maximum absolute atomic E-state index is 11.7. The first-order chi connectivity index (χ1) is 19.1. The number of aliphatic carboxylic acids is 1. The highest BCUT2D eigenvalue weighted by atomic mass is 16.4. The van der Waals surface area contributed by atoms with Crippen molar-refractivity contribution in [1.29, 1.82) is 0 Å². The number of carboxylic acid groups (broad SMARTS) is 1. The van der Waals surface area contributed by atoms with Crippen LogP contribution in [0.5, 0.6) is 0 Å². The second kappa shape index (κ2) is 11.3. The molecule has 206 valence electrons. The zero-order valence-electron chi connectivity index (χ0n) is 23.0. The van der Waals surface area contributed by atoms with Gasteiger partial charge in [0.05, 0.1) is 36.2 Å². The summed E-state index contributed by atoms with van der Waals surface area (Å²) in [7, 11) is 0. The highest BCUT2D eigenvalue weighted by molar-refractivity contribution is 5.80. The van der Waals surface area contributed by atoms with Gasteiger partial charge in [0.25, 0.3) is 0 Å². The predicted molar refractivity (Wildman–Crippen MR) is 151 cm³/mol. The van der Waals surface area contributed by atoms with Crippen LogP contribution in [0.3, 0.4) is 0 Å². The molecule has 10 heteroatoms. The monoisotopic (exact) mass is 539 g/mol. The number of hydrogen-bond donors (Lipinski definition) is 2. The van der Waals surface area contributed by atoms with Crippen LogP contribution < -0.4 is 5.32 Å². The lowest BCUT2D eigenvalue weighted by molar-refractivity contribution is -0.138. The molecule has 3 aromatic heterocycles. The fraction of sp³-hybridized carbons (Fsp3) is 0.367. The Morgan fingerprint density at radius 1 is 1.07 bits per heavy atom. The zero-order valence-corrected chi connectivity index (χ0v) is 23.0. The normalized spacial score (nSPS) is 15.4. The molecular formula is C30H33N7O3. The van der Waals surface area contributed by atoms with Gasteiger partial charge in [-0.15, -0.1) is 5.10 Å². The molecule has 1 saturated carbocycles. The van der Waals surface area contributed by atoms with Crippen molar-refractivity contribution in [2.45, 2.75) is 58.4 Å². The van der Waals surface area contributed by atoms with E-state index in [9.17, 15) is 14.7 Å². The van der Waals surface area contributed by atoms with Gasteiger partial charge in [-0.25, -0.2) is 14.6 Å². The van der Waals surface area contributed by atoms with Gasteiger partial charge in [-0.3, -0.25) is 14.6 Å². The average molecular weight is 540 g/mol. The Balaban J connectivity index is 1.40. The molecule has 1 atom stereocenters. The summed E-state index contributed by atoms with van der Waals surface area (Å²) in [4.78, 5) is 37.2. The molecule has 10 nitrogen and oxygen atoms in total. The number of aryl methyl sites for hydroxylation is 1. The van der Waals surface area contributed by atoms with E-state index in [0.29, 0.717) is 54.7 Å². The smallest absolute Gasteiger partial charge is 0.304 e. The lowest BCUT2D eigenvalue weighted by Gasteiger charge is -2.22. The molecule has 1 fully saturated rings. The number of aromatic nitrogens is 6. The highest BCUT2D eigenvalue weighted by Crippen LogP contribution is 2.27. The van der Waals surface area contributed by atoms with Crippen LogP contribution in [0, 0.1) is 12.8 Å². The van der Waals surface area contributed by atoms with Crippen LogP contribution in [-0.4, -0.2) is 53.3 Å². The molecule has 0 amide bonds. The first kappa shape index (κ1) is 27.1. The lowest BCUT2D eigenvalue weighted by Crippen LogP contribution is -2.23. The Kier molecular flexibility index (Phi) is 7.68. The van der Waals surface area contributed by atoms with Crippen molar-refractivity contribution in [3.63, 3.8) is 0 Å². The number of Topliss-reactive ketones (excluding diaryl/α,β-unsaturated/α-hetero) is 1. The van der Waals surface area contributed by atoms with Crippen LogP contribution in [0.2, 0.25) is 0 Å². The number of anilines is 1. The maximum atomic E-state index is 11.7. The summed E-state index contributed by atoms with van der Waals surface area (Å²) >= 11 is 0. The molecule has 40 heavy (non-hydrogen) atoms. The van der Waals surface area contributed by atoms with Crippen LogP contribution in [0.15, 0.2) is 54.7 Å². The van der Waals surface area contributed by atoms with Crippen LogP contribution in [-0.2, 0) is 21.5 Å². The summed E-state index contributed by atoms with van der Waals surface area (Å²) in [6.45, 7) is 6.80. The quantitative estimate of drug-likeness (QED) is 0.294. The third kappa shape index (κ3) is 6.56. The number of pyridine rings is 1. The molecule has 0 saturated heterocycles. The number of nitrogens with one attached hydrogen (secondary N) is 1. The summed E-state index contributed by atoms with van der Waals surface area (Å²) in [6.07, 6.45) is 3.92. The van der Waals surface area contributed by atoms with Gasteiger partial charge in [0.15, 0.2) is 0 Å². The minimum absolute atomic E-state index is 0.0126. The fourth-order valence-corrected chi connectivity index (χ4v) is 4.98. The van der Waals surface area contributed by atoms with Crippen LogP contribution in [0.4, 0.5) is 5.95 Å². The van der Waals surface area contributed by atoms with E-state index in [1.54, 1.807) is 4.68 Å². The molecule has 5 rings (SSSR count). The molecule has 1 aliphatic carbocycles. The number of rotatable bonds is 10. The van der Waals surface area contributed by atoms with E-state index < -0.39 is 11.4 Å². The molecule has 0 radical (unpaired) electrons. The Hall–Kier alpha value is -4.47. The Morgan fingerprint density at radius 2 is 1.88 bits per heavy atom. The van der Waals surface area contributed by atoms with E-state index >= 15 is 0 Å². The van der Waals surface area contributed by atoms with E-state index in [0.717, 1.165) is 28.9 Å². The molecule has 3 heterocycles. The van der Waals surface area contributed by atoms with Crippen molar-refractivity contribution in [3.05, 3.63) is 71.7 Å². The summed E-state index contributed by atoms with van der Waals surface area (Å²) < 4.78 is 1.69. The number of benzene rings is 1. The fourth-order valence-electron chi connectivity index (χ4n) is 4.98. The Bertz CT molecular complexity index is 1550. The van der Waals surface area contributed by atoms with E-state index in [-0.39, 0.29) is 12.3 Å². The Labute approximate surface area is 232 Å². The van der Waals surface area contributed by atoms with Crippen LogP contribution in [0.1, 0.15) is 56.5 Å². The van der Waals surface area contributed by atoms with Crippen molar-refractivity contribution in [2.75, 3.05) is 11.9 Å². The first-order valence-electron chi connectivity index (χ1n) is 13.4. The summed E-state index contributed by atoms with van der Waals surface area (Å²) in [5.41, 5.74) is 4.96. The van der Waals surface area contributed by atoms with E-state index in [1.807, 2.05) is 69.4 Å². The van der Waals surface area contributed by atoms with Gasteiger partial charge in [0.2, 0.25) is 5.95 Å². The van der Waals surface area contributed by atoms with E-state index in [2.05, 4.69) is 21.7 Å². The standard InChI is InChI=1S/C30H33N7O3/c1-19-6-4-7-21(12-19)24-14-25(34-29(33-24)31-16-20-10-11-23(38)13-20)26-18-37(36-35-26)17-22-8-5-9-27(32-22)30(2,3)15-28(39)40/h4-9,12,14,18,20H,10-11,13,15-17H2,1-3H3,(H,39,40)(H,31,33,34). The molecule has 1 aromatic carbocycles. The molecular weight excluding hydrogens is 506 g/mol. The van der Waals surface area contributed by atoms with Gasteiger partial charge in [-0.2, -0.15) is 0 Å². The van der Waals surface area contributed by atoms with Crippen molar-refractivity contribution in [2.24, 2.45) is 5.92 Å². The summed E-state index contributed by atoms with van der Waals surface area (Å²) in [5.74, 6) is 0.215.